The molecule has 4 heteroatoms. The molecule has 0 saturated heterocycles. The molecule has 0 spiro atoms. The van der Waals surface area contributed by atoms with Gasteiger partial charge >= 0.3 is 5.97 Å². The van der Waals surface area contributed by atoms with E-state index in [0.717, 1.165) is 24.0 Å². The molecule has 2 heterocycles. The fourth-order valence-corrected chi connectivity index (χ4v) is 1.90. The number of carbonyl (C=O) groups excluding carboxylic acids is 1. The number of rotatable bonds is 3. The Hall–Kier alpha value is -1.71. The van der Waals surface area contributed by atoms with Crippen LogP contribution in [0.5, 0.6) is 0 Å². The van der Waals surface area contributed by atoms with Gasteiger partial charge in [-0.1, -0.05) is 13.3 Å². The highest BCUT2D eigenvalue weighted by Gasteiger charge is 2.21. The number of ether oxygens (including phenoxy) is 1. The molecule has 84 valence electrons. The van der Waals surface area contributed by atoms with Gasteiger partial charge in [-0.2, -0.15) is 0 Å². The van der Waals surface area contributed by atoms with Gasteiger partial charge in [0.1, 0.15) is 0 Å². The number of nitrogens with zero attached hydrogens (tertiary/aromatic N) is 2. The maximum Gasteiger partial charge on any atom is 0.357 e. The van der Waals surface area contributed by atoms with Gasteiger partial charge in [0.25, 0.3) is 0 Å². The highest BCUT2D eigenvalue weighted by molar-refractivity contribution is 6.00. The molecule has 0 fully saturated rings. The van der Waals surface area contributed by atoms with Crippen LogP contribution in [0.3, 0.4) is 0 Å². The normalized spacial score (nSPS) is 12.6. The molecule has 4 nitrogen and oxygen atoms in total. The van der Waals surface area contributed by atoms with E-state index < -0.39 is 5.97 Å². The number of fused-ring (bicyclic) bond motifs is 1. The minimum absolute atomic E-state index is 0.374. The van der Waals surface area contributed by atoms with E-state index in [0.29, 0.717) is 12.2 Å². The van der Waals surface area contributed by atoms with Gasteiger partial charge in [-0.3, -0.25) is 4.99 Å². The molecule has 0 unspecified atom stereocenters. The van der Waals surface area contributed by atoms with Gasteiger partial charge in [0.2, 0.25) is 0 Å². The molecule has 0 aliphatic carbocycles. The number of aliphatic imine (C=N–C) groups is 1. The van der Waals surface area contributed by atoms with Crippen LogP contribution in [0.1, 0.15) is 40.5 Å². The highest BCUT2D eigenvalue weighted by atomic mass is 16.5. The molecule has 0 atom stereocenters. The molecule has 2 rings (SSSR count). The largest absolute Gasteiger partial charge is 0.464 e. The van der Waals surface area contributed by atoms with Crippen LogP contribution in [-0.2, 0) is 17.7 Å². The Labute approximate surface area is 94.4 Å². The van der Waals surface area contributed by atoms with Gasteiger partial charge < -0.3 is 4.74 Å². The summed E-state index contributed by atoms with van der Waals surface area (Å²) in [7, 11) is 1.36. The lowest BCUT2D eigenvalue weighted by Gasteiger charge is -2.08. The number of aromatic nitrogens is 1. The Bertz CT molecular complexity index is 453. The Morgan fingerprint density at radius 2 is 2.38 bits per heavy atom. The summed E-state index contributed by atoms with van der Waals surface area (Å²) in [6, 6.07) is 0. The van der Waals surface area contributed by atoms with Crippen LogP contribution in [0.25, 0.3) is 0 Å². The SMILES string of the molecule is CCCc1cnc(C(=O)OC)c2c1CN=C2. The molecule has 16 heavy (non-hydrogen) atoms. The number of methoxy groups -OCH3 is 1. The van der Waals surface area contributed by atoms with E-state index in [1.165, 1.54) is 12.7 Å². The molecule has 0 aromatic carbocycles. The third-order valence-corrected chi connectivity index (χ3v) is 2.69. The van der Waals surface area contributed by atoms with Crippen LogP contribution < -0.4 is 0 Å². The van der Waals surface area contributed by atoms with E-state index >= 15 is 0 Å². The quantitative estimate of drug-likeness (QED) is 0.726. The van der Waals surface area contributed by atoms with Crippen LogP contribution in [0, 0.1) is 0 Å². The summed E-state index contributed by atoms with van der Waals surface area (Å²) in [5, 5.41) is 0. The summed E-state index contributed by atoms with van der Waals surface area (Å²) in [5.74, 6) is -0.396. The molecule has 0 bridgehead atoms. The first-order valence-electron chi connectivity index (χ1n) is 5.36. The summed E-state index contributed by atoms with van der Waals surface area (Å²) in [4.78, 5) is 19.9. The smallest absolute Gasteiger partial charge is 0.357 e. The average Bonchev–Trinajstić information content (AvgIpc) is 2.78. The van der Waals surface area contributed by atoms with E-state index in [1.807, 2.05) is 0 Å². The van der Waals surface area contributed by atoms with Crippen molar-refractivity contribution < 1.29 is 9.53 Å². The second-order valence-corrected chi connectivity index (χ2v) is 3.74. The van der Waals surface area contributed by atoms with Crippen molar-refractivity contribution in [3.63, 3.8) is 0 Å². The maximum absolute atomic E-state index is 11.5. The van der Waals surface area contributed by atoms with E-state index in [2.05, 4.69) is 16.9 Å². The van der Waals surface area contributed by atoms with Crippen molar-refractivity contribution in [1.82, 2.24) is 4.98 Å². The van der Waals surface area contributed by atoms with Gasteiger partial charge in [0, 0.05) is 18.0 Å². The minimum Gasteiger partial charge on any atom is -0.464 e. The number of carbonyl (C=O) groups is 1. The number of hydrogen-bond acceptors (Lipinski definition) is 4. The topological polar surface area (TPSA) is 51.5 Å². The first kappa shape index (κ1) is 10.8. The lowest BCUT2D eigenvalue weighted by Crippen LogP contribution is -2.10. The van der Waals surface area contributed by atoms with Crippen LogP contribution in [0.4, 0.5) is 0 Å². The van der Waals surface area contributed by atoms with Crippen molar-refractivity contribution in [2.45, 2.75) is 26.3 Å². The van der Waals surface area contributed by atoms with Gasteiger partial charge in [0.05, 0.1) is 13.7 Å². The Morgan fingerprint density at radius 3 is 3.06 bits per heavy atom. The van der Waals surface area contributed by atoms with Gasteiger partial charge in [-0.05, 0) is 17.5 Å². The van der Waals surface area contributed by atoms with Crippen molar-refractivity contribution in [2.75, 3.05) is 7.11 Å². The van der Waals surface area contributed by atoms with E-state index in [4.69, 9.17) is 4.74 Å². The number of aryl methyl sites for hydroxylation is 1. The van der Waals surface area contributed by atoms with Crippen LogP contribution >= 0.6 is 0 Å². The van der Waals surface area contributed by atoms with Gasteiger partial charge in [0.15, 0.2) is 5.69 Å². The molecule has 0 N–H and O–H groups in total. The average molecular weight is 218 g/mol. The van der Waals surface area contributed by atoms with Crippen molar-refractivity contribution in [1.29, 1.82) is 0 Å². The molecular formula is C12H14N2O2. The summed E-state index contributed by atoms with van der Waals surface area (Å²) in [5.41, 5.74) is 3.51. The highest BCUT2D eigenvalue weighted by Crippen LogP contribution is 2.22. The Morgan fingerprint density at radius 1 is 1.56 bits per heavy atom. The number of pyridine rings is 1. The Balaban J connectivity index is 2.47. The minimum atomic E-state index is -0.396. The van der Waals surface area contributed by atoms with Gasteiger partial charge in [-0.25, -0.2) is 9.78 Å². The maximum atomic E-state index is 11.5. The summed E-state index contributed by atoms with van der Waals surface area (Å²) in [6.07, 6.45) is 5.52. The monoisotopic (exact) mass is 218 g/mol. The molecular weight excluding hydrogens is 204 g/mol. The van der Waals surface area contributed by atoms with Crippen LogP contribution in [0.2, 0.25) is 0 Å². The molecule has 0 saturated carbocycles. The summed E-state index contributed by atoms with van der Waals surface area (Å²) >= 11 is 0. The lowest BCUT2D eigenvalue weighted by atomic mass is 10.0. The zero-order chi connectivity index (χ0) is 11.5. The van der Waals surface area contributed by atoms with E-state index in [1.54, 1.807) is 12.4 Å². The molecule has 0 amide bonds. The lowest BCUT2D eigenvalue weighted by molar-refractivity contribution is 0.0594. The van der Waals surface area contributed by atoms with E-state index in [-0.39, 0.29) is 0 Å². The summed E-state index contributed by atoms with van der Waals surface area (Å²) < 4.78 is 4.70. The fraction of sp³-hybridized carbons (Fsp3) is 0.417. The summed E-state index contributed by atoms with van der Waals surface area (Å²) in [6.45, 7) is 2.77. The van der Waals surface area contributed by atoms with Crippen molar-refractivity contribution in [3.8, 4) is 0 Å². The van der Waals surface area contributed by atoms with Crippen molar-refractivity contribution >= 4 is 12.2 Å². The fourth-order valence-electron chi connectivity index (χ4n) is 1.90. The van der Waals surface area contributed by atoms with Gasteiger partial charge in [-0.15, -0.1) is 0 Å². The van der Waals surface area contributed by atoms with Crippen LogP contribution in [-0.4, -0.2) is 24.3 Å². The third-order valence-electron chi connectivity index (χ3n) is 2.69. The first-order valence-corrected chi connectivity index (χ1v) is 5.36. The number of esters is 1. The number of hydrogen-bond donors (Lipinski definition) is 0. The second kappa shape index (κ2) is 4.43. The molecule has 1 aliphatic heterocycles. The standard InChI is InChI=1S/C12H14N2O2/c1-3-4-8-5-14-11(12(15)16-2)10-7-13-6-9(8)10/h5,7H,3-4,6H2,1-2H3. The van der Waals surface area contributed by atoms with Crippen LogP contribution in [0.15, 0.2) is 11.2 Å². The molecule has 1 aromatic rings. The zero-order valence-electron chi connectivity index (χ0n) is 9.49. The third kappa shape index (κ3) is 1.71. The zero-order valence-corrected chi connectivity index (χ0v) is 9.49. The van der Waals surface area contributed by atoms with Crippen molar-refractivity contribution in [3.05, 3.63) is 28.6 Å². The second-order valence-electron chi connectivity index (χ2n) is 3.74. The Kier molecular flexibility index (Phi) is 2.99. The predicted molar refractivity (Wildman–Crippen MR) is 60.9 cm³/mol. The molecule has 1 aliphatic rings. The first-order chi connectivity index (χ1) is 7.77. The van der Waals surface area contributed by atoms with E-state index in [9.17, 15) is 4.79 Å². The molecule has 1 aromatic heterocycles. The van der Waals surface area contributed by atoms with Crippen molar-refractivity contribution in [2.24, 2.45) is 4.99 Å². The molecule has 0 radical (unpaired) electrons. The predicted octanol–water partition coefficient (Wildman–Crippen LogP) is 1.75.